The summed E-state index contributed by atoms with van der Waals surface area (Å²) in [5.74, 6) is 0.794. The van der Waals surface area contributed by atoms with E-state index in [0.29, 0.717) is 51.3 Å². The van der Waals surface area contributed by atoms with Gasteiger partial charge in [-0.15, -0.1) is 6.58 Å². The molecule has 0 aliphatic heterocycles. The number of fused-ring (bicyclic) bond motifs is 2. The van der Waals surface area contributed by atoms with Gasteiger partial charge in [-0.3, -0.25) is 9.59 Å². The summed E-state index contributed by atoms with van der Waals surface area (Å²) >= 11 is 3.47. The highest BCUT2D eigenvalue weighted by Gasteiger charge is 2.17. The second kappa shape index (κ2) is 11.0. The van der Waals surface area contributed by atoms with Crippen LogP contribution in [0, 0.1) is 0 Å². The van der Waals surface area contributed by atoms with Crippen LogP contribution < -0.4 is 20.8 Å². The molecule has 9 nitrogen and oxygen atoms in total. The van der Waals surface area contributed by atoms with E-state index >= 15 is 0 Å². The molecule has 5 aromatic rings. The number of hydrogen-bond donors (Lipinski definition) is 1. The lowest BCUT2D eigenvalue weighted by Gasteiger charge is -2.15. The van der Waals surface area contributed by atoms with E-state index in [1.54, 1.807) is 30.3 Å². The Hall–Kier alpha value is -4.70. The smallest absolute Gasteiger partial charge is 0.282 e. The minimum atomic E-state index is -0.610. The number of rotatable bonds is 9. The number of amides is 1. The molecule has 196 valence electrons. The Kier molecular flexibility index (Phi) is 7.29. The zero-order valence-electron chi connectivity index (χ0n) is 20.9. The van der Waals surface area contributed by atoms with Crippen LogP contribution in [0.3, 0.4) is 0 Å². The maximum absolute atomic E-state index is 13.6. The van der Waals surface area contributed by atoms with Crippen molar-refractivity contribution in [2.45, 2.75) is 6.42 Å². The average molecular weight is 587 g/mol. The molecule has 0 saturated heterocycles. The quantitative estimate of drug-likeness (QED) is 0.190. The summed E-state index contributed by atoms with van der Waals surface area (Å²) in [4.78, 5) is 29.6. The van der Waals surface area contributed by atoms with Gasteiger partial charge in [0, 0.05) is 15.4 Å². The van der Waals surface area contributed by atoms with E-state index in [1.807, 2.05) is 36.4 Å². The maximum atomic E-state index is 13.6. The number of carbonyl (C=O) groups is 1. The zero-order chi connectivity index (χ0) is 27.5. The Morgan fingerprint density at radius 1 is 1.21 bits per heavy atom. The standard InChI is InChI=1S/C29H23BrN4O5/c1-3-6-18-11-17(12-24(37-2)27(18)38-16-26(31)35)15-32-34-28(33-22-8-5-4-7-21(22)29(34)36)25-14-19-13-20(30)9-10-23(19)39-25/h3-5,7-15H,1,6,16H2,2H3,(H2,31,35). The van der Waals surface area contributed by atoms with Crippen LogP contribution in [-0.2, 0) is 11.2 Å². The summed E-state index contributed by atoms with van der Waals surface area (Å²) in [7, 11) is 1.49. The molecule has 0 aliphatic carbocycles. The lowest BCUT2D eigenvalue weighted by molar-refractivity contribution is -0.119. The molecule has 2 N–H and O–H groups in total. The van der Waals surface area contributed by atoms with Crippen LogP contribution in [0.25, 0.3) is 33.5 Å². The minimum absolute atomic E-state index is 0.252. The summed E-state index contributed by atoms with van der Waals surface area (Å²) < 4.78 is 19.3. The van der Waals surface area contributed by atoms with E-state index in [1.165, 1.54) is 18.0 Å². The summed E-state index contributed by atoms with van der Waals surface area (Å²) in [6.07, 6.45) is 3.65. The largest absolute Gasteiger partial charge is 0.493 e. The van der Waals surface area contributed by atoms with E-state index in [4.69, 9.17) is 24.6 Å². The zero-order valence-corrected chi connectivity index (χ0v) is 22.5. The normalized spacial score (nSPS) is 11.3. The van der Waals surface area contributed by atoms with Gasteiger partial charge in [0.05, 0.1) is 24.2 Å². The first-order chi connectivity index (χ1) is 18.9. The van der Waals surface area contributed by atoms with Crippen LogP contribution in [-0.4, -0.2) is 35.5 Å². The third-order valence-corrected chi connectivity index (χ3v) is 6.37. The molecule has 0 radical (unpaired) electrons. The molecule has 0 saturated carbocycles. The molecule has 5 rings (SSSR count). The predicted octanol–water partition coefficient (Wildman–Crippen LogP) is 5.06. The number of primary amides is 1. The maximum Gasteiger partial charge on any atom is 0.282 e. The summed E-state index contributed by atoms with van der Waals surface area (Å²) in [6.45, 7) is 3.49. The molecule has 1 amide bonds. The van der Waals surface area contributed by atoms with Crippen LogP contribution in [0.5, 0.6) is 11.5 Å². The first-order valence-corrected chi connectivity index (χ1v) is 12.7. The highest BCUT2D eigenvalue weighted by Crippen LogP contribution is 2.33. The topological polar surface area (TPSA) is 122 Å². The van der Waals surface area contributed by atoms with E-state index in [0.717, 1.165) is 9.86 Å². The van der Waals surface area contributed by atoms with Gasteiger partial charge in [0.15, 0.2) is 23.9 Å². The number of halogens is 1. The lowest BCUT2D eigenvalue weighted by Crippen LogP contribution is -2.21. The number of benzene rings is 3. The summed E-state index contributed by atoms with van der Waals surface area (Å²) in [6, 6.07) is 18.0. The first kappa shape index (κ1) is 25.9. The van der Waals surface area contributed by atoms with Gasteiger partial charge < -0.3 is 19.6 Å². The van der Waals surface area contributed by atoms with Crippen molar-refractivity contribution in [3.63, 3.8) is 0 Å². The molecule has 0 atom stereocenters. The number of allylic oxidation sites excluding steroid dienone is 1. The molecule has 0 unspecified atom stereocenters. The molecule has 2 heterocycles. The highest BCUT2D eigenvalue weighted by molar-refractivity contribution is 9.10. The van der Waals surface area contributed by atoms with Crippen molar-refractivity contribution >= 4 is 49.9 Å². The molecule has 0 fully saturated rings. The number of ether oxygens (including phenoxy) is 2. The Morgan fingerprint density at radius 2 is 2.03 bits per heavy atom. The molecular formula is C29H23BrN4O5. The lowest BCUT2D eigenvalue weighted by atomic mass is 10.1. The number of carbonyl (C=O) groups excluding carboxylic acids is 1. The van der Waals surface area contributed by atoms with Crippen molar-refractivity contribution in [2.24, 2.45) is 10.8 Å². The Balaban J connectivity index is 1.65. The van der Waals surface area contributed by atoms with Crippen LogP contribution in [0.1, 0.15) is 11.1 Å². The number of furan rings is 1. The first-order valence-electron chi connectivity index (χ1n) is 11.9. The van der Waals surface area contributed by atoms with E-state index in [-0.39, 0.29) is 18.0 Å². The van der Waals surface area contributed by atoms with Crippen molar-refractivity contribution in [3.05, 3.63) is 99.3 Å². The number of methoxy groups -OCH3 is 1. The third kappa shape index (κ3) is 5.32. The average Bonchev–Trinajstić information content (AvgIpc) is 3.34. The fourth-order valence-corrected chi connectivity index (χ4v) is 4.54. The fraction of sp³-hybridized carbons (Fsp3) is 0.103. The van der Waals surface area contributed by atoms with Crippen LogP contribution >= 0.6 is 15.9 Å². The third-order valence-electron chi connectivity index (χ3n) is 5.87. The summed E-state index contributed by atoms with van der Waals surface area (Å²) in [5, 5.41) is 5.79. The molecule has 0 spiro atoms. The molecule has 39 heavy (non-hydrogen) atoms. The molecule has 10 heteroatoms. The second-order valence-corrected chi connectivity index (χ2v) is 9.48. The van der Waals surface area contributed by atoms with Gasteiger partial charge >= 0.3 is 0 Å². The van der Waals surface area contributed by atoms with E-state index in [2.05, 4.69) is 27.6 Å². The van der Waals surface area contributed by atoms with Crippen molar-refractivity contribution < 1.29 is 18.7 Å². The second-order valence-electron chi connectivity index (χ2n) is 8.57. The van der Waals surface area contributed by atoms with Gasteiger partial charge in [0.1, 0.15) is 5.58 Å². The summed E-state index contributed by atoms with van der Waals surface area (Å²) in [5.41, 5.74) is 7.40. The highest BCUT2D eigenvalue weighted by atomic mass is 79.9. The van der Waals surface area contributed by atoms with Crippen molar-refractivity contribution in [3.8, 4) is 23.1 Å². The van der Waals surface area contributed by atoms with Crippen molar-refractivity contribution in [2.75, 3.05) is 13.7 Å². The van der Waals surface area contributed by atoms with E-state index in [9.17, 15) is 9.59 Å². The molecular weight excluding hydrogens is 564 g/mol. The monoisotopic (exact) mass is 586 g/mol. The van der Waals surface area contributed by atoms with Gasteiger partial charge in [0.2, 0.25) is 5.82 Å². The van der Waals surface area contributed by atoms with Gasteiger partial charge in [0.25, 0.3) is 11.5 Å². The molecule has 0 bridgehead atoms. The van der Waals surface area contributed by atoms with Gasteiger partial charge in [-0.1, -0.05) is 34.1 Å². The Labute approximate surface area is 231 Å². The fourth-order valence-electron chi connectivity index (χ4n) is 4.16. The van der Waals surface area contributed by atoms with Gasteiger partial charge in [-0.25, -0.2) is 4.98 Å². The number of aromatic nitrogens is 2. The Morgan fingerprint density at radius 3 is 2.79 bits per heavy atom. The number of hydrogen-bond acceptors (Lipinski definition) is 7. The van der Waals surface area contributed by atoms with Crippen LogP contribution in [0.15, 0.2) is 92.1 Å². The molecule has 2 aromatic heterocycles. The molecule has 3 aromatic carbocycles. The number of nitrogens with zero attached hydrogens (tertiary/aromatic N) is 3. The predicted molar refractivity (Wildman–Crippen MR) is 153 cm³/mol. The van der Waals surface area contributed by atoms with E-state index < -0.39 is 5.91 Å². The van der Waals surface area contributed by atoms with Crippen LogP contribution in [0.4, 0.5) is 0 Å². The van der Waals surface area contributed by atoms with Gasteiger partial charge in [-0.05, 0) is 60.5 Å². The number of nitrogens with two attached hydrogens (primary N) is 1. The van der Waals surface area contributed by atoms with Crippen molar-refractivity contribution in [1.29, 1.82) is 0 Å². The minimum Gasteiger partial charge on any atom is -0.493 e. The van der Waals surface area contributed by atoms with Crippen molar-refractivity contribution in [1.82, 2.24) is 9.66 Å². The SMILES string of the molecule is C=CCc1cc(C=Nn2c(-c3cc4cc(Br)ccc4o3)nc3ccccc3c2=O)cc(OC)c1OCC(N)=O. The number of para-hydroxylation sites is 1. The molecule has 0 aliphatic rings. The van der Waals surface area contributed by atoms with Gasteiger partial charge in [-0.2, -0.15) is 9.78 Å². The Bertz CT molecular complexity index is 1820. The van der Waals surface area contributed by atoms with Crippen LogP contribution in [0.2, 0.25) is 0 Å².